The molecule has 2 heterocycles. The van der Waals surface area contributed by atoms with Crippen LogP contribution in [-0.2, 0) is 22.1 Å². The SMILES string of the molecule is Cc1nn(-c2ccccc2)c(C)c1CNC(=O)c1oc2ccccc2c1CS(C)(=O)=O. The third-order valence-electron chi connectivity index (χ3n) is 5.18. The van der Waals surface area contributed by atoms with Crippen LogP contribution in [-0.4, -0.2) is 30.4 Å². The maximum absolute atomic E-state index is 13.0. The Morgan fingerprint density at radius 3 is 2.42 bits per heavy atom. The number of sulfone groups is 1. The summed E-state index contributed by atoms with van der Waals surface area (Å²) in [7, 11) is -3.36. The van der Waals surface area contributed by atoms with E-state index in [-0.39, 0.29) is 18.1 Å². The van der Waals surface area contributed by atoms with Gasteiger partial charge in [-0.3, -0.25) is 4.79 Å². The molecule has 1 amide bonds. The van der Waals surface area contributed by atoms with Crippen molar-refractivity contribution in [3.63, 3.8) is 0 Å². The number of aryl methyl sites for hydroxylation is 1. The van der Waals surface area contributed by atoms with E-state index in [0.29, 0.717) is 16.5 Å². The summed E-state index contributed by atoms with van der Waals surface area (Å²) >= 11 is 0. The molecule has 2 aromatic heterocycles. The van der Waals surface area contributed by atoms with E-state index >= 15 is 0 Å². The number of amides is 1. The van der Waals surface area contributed by atoms with E-state index in [2.05, 4.69) is 10.4 Å². The summed E-state index contributed by atoms with van der Waals surface area (Å²) in [5.41, 5.74) is 4.43. The van der Waals surface area contributed by atoms with Gasteiger partial charge in [0.1, 0.15) is 5.58 Å². The van der Waals surface area contributed by atoms with Crippen LogP contribution in [0.25, 0.3) is 16.7 Å². The largest absolute Gasteiger partial charge is 0.451 e. The molecule has 8 heteroatoms. The molecule has 4 aromatic rings. The fourth-order valence-electron chi connectivity index (χ4n) is 3.69. The number of hydrogen-bond donors (Lipinski definition) is 1. The predicted octanol–water partition coefficient (Wildman–Crippen LogP) is 3.71. The molecular formula is C23H23N3O4S. The molecule has 0 spiro atoms. The number of carbonyl (C=O) groups excluding carboxylic acids is 1. The number of carbonyl (C=O) groups is 1. The first-order valence-electron chi connectivity index (χ1n) is 9.81. The topological polar surface area (TPSA) is 94.2 Å². The van der Waals surface area contributed by atoms with Gasteiger partial charge in [0.2, 0.25) is 0 Å². The second kappa shape index (κ2) is 8.03. The first-order valence-corrected chi connectivity index (χ1v) is 11.9. The van der Waals surface area contributed by atoms with Crippen LogP contribution in [0, 0.1) is 13.8 Å². The number of hydrogen-bond acceptors (Lipinski definition) is 5. The second-order valence-electron chi connectivity index (χ2n) is 7.56. The maximum Gasteiger partial charge on any atom is 0.287 e. The number of furan rings is 1. The summed E-state index contributed by atoms with van der Waals surface area (Å²) in [5.74, 6) is -0.699. The van der Waals surface area contributed by atoms with E-state index in [1.54, 1.807) is 24.3 Å². The molecule has 7 nitrogen and oxygen atoms in total. The summed E-state index contributed by atoms with van der Waals surface area (Å²) in [6.07, 6.45) is 1.14. The Morgan fingerprint density at radius 2 is 1.71 bits per heavy atom. The first kappa shape index (κ1) is 20.9. The van der Waals surface area contributed by atoms with E-state index < -0.39 is 15.7 Å². The second-order valence-corrected chi connectivity index (χ2v) is 9.70. The summed E-state index contributed by atoms with van der Waals surface area (Å²) in [6.45, 7) is 4.09. The summed E-state index contributed by atoms with van der Waals surface area (Å²) in [4.78, 5) is 13.0. The van der Waals surface area contributed by atoms with E-state index in [0.717, 1.165) is 28.9 Å². The van der Waals surface area contributed by atoms with Crippen molar-refractivity contribution in [3.05, 3.63) is 82.9 Å². The number of benzene rings is 2. The van der Waals surface area contributed by atoms with Gasteiger partial charge in [0, 0.05) is 35.0 Å². The number of para-hydroxylation sites is 2. The summed E-state index contributed by atoms with van der Waals surface area (Å²) in [5, 5.41) is 8.09. The Morgan fingerprint density at radius 1 is 1.03 bits per heavy atom. The molecule has 0 radical (unpaired) electrons. The molecule has 1 N–H and O–H groups in total. The van der Waals surface area contributed by atoms with Gasteiger partial charge >= 0.3 is 0 Å². The molecule has 0 aliphatic rings. The minimum Gasteiger partial charge on any atom is -0.451 e. The number of aromatic nitrogens is 2. The average molecular weight is 438 g/mol. The van der Waals surface area contributed by atoms with E-state index in [9.17, 15) is 13.2 Å². The molecule has 2 aromatic carbocycles. The zero-order chi connectivity index (χ0) is 22.2. The number of fused-ring (bicyclic) bond motifs is 1. The highest BCUT2D eigenvalue weighted by molar-refractivity contribution is 7.89. The molecule has 0 atom stereocenters. The normalized spacial score (nSPS) is 11.7. The van der Waals surface area contributed by atoms with Crippen molar-refractivity contribution in [3.8, 4) is 5.69 Å². The van der Waals surface area contributed by atoms with Gasteiger partial charge in [-0.05, 0) is 32.0 Å². The predicted molar refractivity (Wildman–Crippen MR) is 119 cm³/mol. The molecule has 0 aliphatic heterocycles. The van der Waals surface area contributed by atoms with Crippen LogP contribution < -0.4 is 5.32 Å². The molecule has 0 aliphatic carbocycles. The van der Waals surface area contributed by atoms with Crippen molar-refractivity contribution in [1.82, 2.24) is 15.1 Å². The van der Waals surface area contributed by atoms with Gasteiger partial charge in [0.05, 0.1) is 17.1 Å². The molecule has 0 bridgehead atoms. The van der Waals surface area contributed by atoms with Crippen LogP contribution >= 0.6 is 0 Å². The van der Waals surface area contributed by atoms with Crippen molar-refractivity contribution in [2.24, 2.45) is 0 Å². The number of rotatable bonds is 6. The lowest BCUT2D eigenvalue weighted by atomic mass is 10.1. The van der Waals surface area contributed by atoms with E-state index in [4.69, 9.17) is 4.42 Å². The van der Waals surface area contributed by atoms with Crippen LogP contribution in [0.1, 0.15) is 33.1 Å². The van der Waals surface area contributed by atoms with Gasteiger partial charge in [-0.2, -0.15) is 5.10 Å². The van der Waals surface area contributed by atoms with Crippen molar-refractivity contribution in [2.75, 3.05) is 6.26 Å². The zero-order valence-corrected chi connectivity index (χ0v) is 18.4. The van der Waals surface area contributed by atoms with Crippen LogP contribution in [0.3, 0.4) is 0 Å². The lowest BCUT2D eigenvalue weighted by Crippen LogP contribution is -2.24. The van der Waals surface area contributed by atoms with Crippen LogP contribution in [0.5, 0.6) is 0 Å². The highest BCUT2D eigenvalue weighted by Gasteiger charge is 2.24. The van der Waals surface area contributed by atoms with Crippen LogP contribution in [0.4, 0.5) is 0 Å². The van der Waals surface area contributed by atoms with Gasteiger partial charge in [0.15, 0.2) is 15.6 Å². The molecule has 0 saturated carbocycles. The van der Waals surface area contributed by atoms with E-state index in [1.165, 1.54) is 0 Å². The Bertz CT molecular complexity index is 1370. The molecule has 31 heavy (non-hydrogen) atoms. The quantitative estimate of drug-likeness (QED) is 0.496. The molecular weight excluding hydrogens is 414 g/mol. The fraction of sp³-hybridized carbons (Fsp3) is 0.217. The zero-order valence-electron chi connectivity index (χ0n) is 17.5. The van der Waals surface area contributed by atoms with Gasteiger partial charge < -0.3 is 9.73 Å². The smallest absolute Gasteiger partial charge is 0.287 e. The van der Waals surface area contributed by atoms with Crippen molar-refractivity contribution in [1.29, 1.82) is 0 Å². The minimum absolute atomic E-state index is 0.0254. The minimum atomic E-state index is -3.36. The number of nitrogens with zero attached hydrogens (tertiary/aromatic N) is 2. The first-order chi connectivity index (χ1) is 14.7. The Balaban J connectivity index is 1.62. The van der Waals surface area contributed by atoms with Crippen molar-refractivity contribution in [2.45, 2.75) is 26.1 Å². The Labute approximate surface area is 180 Å². The van der Waals surface area contributed by atoms with Gasteiger partial charge in [-0.1, -0.05) is 36.4 Å². The highest BCUT2D eigenvalue weighted by atomic mass is 32.2. The molecule has 0 unspecified atom stereocenters. The van der Waals surface area contributed by atoms with Crippen molar-refractivity contribution < 1.29 is 17.6 Å². The lowest BCUT2D eigenvalue weighted by molar-refractivity contribution is 0.0924. The lowest BCUT2D eigenvalue weighted by Gasteiger charge is -2.07. The summed E-state index contributed by atoms with van der Waals surface area (Å²) < 4.78 is 31.5. The third-order valence-corrected chi connectivity index (χ3v) is 5.99. The summed E-state index contributed by atoms with van der Waals surface area (Å²) in [6, 6.07) is 16.8. The van der Waals surface area contributed by atoms with Gasteiger partial charge in [-0.25, -0.2) is 13.1 Å². The maximum atomic E-state index is 13.0. The highest BCUT2D eigenvalue weighted by Crippen LogP contribution is 2.28. The van der Waals surface area contributed by atoms with Crippen molar-refractivity contribution >= 4 is 26.7 Å². The Hall–Kier alpha value is -3.39. The molecule has 160 valence electrons. The van der Waals surface area contributed by atoms with Gasteiger partial charge in [0.25, 0.3) is 5.91 Å². The molecule has 4 rings (SSSR count). The molecule has 0 saturated heterocycles. The Kier molecular flexibility index (Phi) is 5.41. The monoisotopic (exact) mass is 437 g/mol. The number of nitrogens with one attached hydrogen (secondary N) is 1. The van der Waals surface area contributed by atoms with Crippen LogP contribution in [0.15, 0.2) is 59.0 Å². The average Bonchev–Trinajstić information content (AvgIpc) is 3.23. The molecule has 0 fully saturated rings. The fourth-order valence-corrected chi connectivity index (χ4v) is 4.50. The third kappa shape index (κ3) is 4.25. The van der Waals surface area contributed by atoms with E-state index in [1.807, 2.05) is 48.9 Å². The van der Waals surface area contributed by atoms with Gasteiger partial charge in [-0.15, -0.1) is 0 Å². The standard InChI is InChI=1S/C23H23N3O4S/c1-15-19(16(2)26(25-15)17-9-5-4-6-10-17)13-24-23(27)22-20(14-31(3,28)29)18-11-7-8-12-21(18)30-22/h4-12H,13-14H2,1-3H3,(H,24,27). The van der Waals surface area contributed by atoms with Crippen LogP contribution in [0.2, 0.25) is 0 Å².